The number of pyridine rings is 1. The zero-order valence-electron chi connectivity index (χ0n) is 9.63. The highest BCUT2D eigenvalue weighted by atomic mass is 19.1. The standard InChI is InChI=1S/C13H10FN3O/c1-17-12(9-5-4-8(18)7-10(9)14)16-11-3-2-6-15-13(11)17/h2-7,18H,1H3. The lowest BCUT2D eigenvalue weighted by molar-refractivity contribution is 0.469. The van der Waals surface area contributed by atoms with Gasteiger partial charge in [0.15, 0.2) is 5.65 Å². The van der Waals surface area contributed by atoms with Crippen LogP contribution in [0.4, 0.5) is 4.39 Å². The summed E-state index contributed by atoms with van der Waals surface area (Å²) in [4.78, 5) is 8.55. The summed E-state index contributed by atoms with van der Waals surface area (Å²) in [5.41, 5.74) is 1.75. The highest BCUT2D eigenvalue weighted by Crippen LogP contribution is 2.26. The first-order valence-electron chi connectivity index (χ1n) is 5.43. The third kappa shape index (κ3) is 1.52. The second-order valence-electron chi connectivity index (χ2n) is 4.00. The fourth-order valence-electron chi connectivity index (χ4n) is 1.95. The normalized spacial score (nSPS) is 11.0. The van der Waals surface area contributed by atoms with E-state index in [2.05, 4.69) is 9.97 Å². The number of imidazole rings is 1. The van der Waals surface area contributed by atoms with E-state index in [-0.39, 0.29) is 5.75 Å². The number of phenolic OH excluding ortho intramolecular Hbond substituents is 1. The van der Waals surface area contributed by atoms with E-state index in [1.54, 1.807) is 23.9 Å². The van der Waals surface area contributed by atoms with Crippen LogP contribution < -0.4 is 0 Å². The first kappa shape index (κ1) is 10.7. The summed E-state index contributed by atoms with van der Waals surface area (Å²) in [5, 5.41) is 9.21. The minimum atomic E-state index is -0.506. The average molecular weight is 243 g/mol. The van der Waals surface area contributed by atoms with Crippen LogP contribution in [0.2, 0.25) is 0 Å². The molecule has 0 saturated carbocycles. The van der Waals surface area contributed by atoms with Crippen molar-refractivity contribution in [3.05, 3.63) is 42.3 Å². The molecule has 0 unspecified atom stereocenters. The second kappa shape index (κ2) is 3.80. The van der Waals surface area contributed by atoms with Gasteiger partial charge in [-0.05, 0) is 24.3 Å². The largest absolute Gasteiger partial charge is 0.508 e. The molecule has 5 heteroatoms. The lowest BCUT2D eigenvalue weighted by Gasteiger charge is -2.03. The van der Waals surface area contributed by atoms with Gasteiger partial charge < -0.3 is 9.67 Å². The zero-order valence-corrected chi connectivity index (χ0v) is 9.63. The Morgan fingerprint density at radius 3 is 2.83 bits per heavy atom. The first-order chi connectivity index (χ1) is 8.66. The number of halogens is 1. The molecular weight excluding hydrogens is 233 g/mol. The van der Waals surface area contributed by atoms with Gasteiger partial charge in [-0.25, -0.2) is 14.4 Å². The predicted octanol–water partition coefficient (Wildman–Crippen LogP) is 2.48. The number of rotatable bonds is 1. The lowest BCUT2D eigenvalue weighted by Crippen LogP contribution is -1.95. The van der Waals surface area contributed by atoms with Gasteiger partial charge in [-0.15, -0.1) is 0 Å². The Kier molecular flexibility index (Phi) is 2.26. The zero-order chi connectivity index (χ0) is 12.7. The van der Waals surface area contributed by atoms with E-state index >= 15 is 0 Å². The monoisotopic (exact) mass is 243 g/mol. The number of nitrogens with zero attached hydrogens (tertiary/aromatic N) is 3. The fraction of sp³-hybridized carbons (Fsp3) is 0.0769. The number of aromatic hydroxyl groups is 1. The van der Waals surface area contributed by atoms with Gasteiger partial charge in [-0.2, -0.15) is 0 Å². The van der Waals surface area contributed by atoms with Gasteiger partial charge in [0.05, 0.1) is 5.56 Å². The number of hydrogen-bond acceptors (Lipinski definition) is 3. The Balaban J connectivity index is 2.28. The average Bonchev–Trinajstić information content (AvgIpc) is 2.68. The predicted molar refractivity (Wildman–Crippen MR) is 65.6 cm³/mol. The Labute approximate surface area is 102 Å². The molecule has 0 spiro atoms. The summed E-state index contributed by atoms with van der Waals surface area (Å²) in [7, 11) is 1.78. The maximum absolute atomic E-state index is 13.8. The Hall–Kier alpha value is -2.43. The van der Waals surface area contributed by atoms with E-state index in [4.69, 9.17) is 0 Å². The highest BCUT2D eigenvalue weighted by molar-refractivity contribution is 5.77. The number of phenols is 1. The SMILES string of the molecule is Cn1c(-c2ccc(O)cc2F)nc2cccnc21. The van der Waals surface area contributed by atoms with Crippen LogP contribution in [0.1, 0.15) is 0 Å². The molecule has 0 aliphatic carbocycles. The van der Waals surface area contributed by atoms with Crippen LogP contribution in [0, 0.1) is 5.82 Å². The minimum absolute atomic E-state index is 0.104. The van der Waals surface area contributed by atoms with Gasteiger partial charge >= 0.3 is 0 Å². The summed E-state index contributed by atoms with van der Waals surface area (Å²) in [6.45, 7) is 0. The van der Waals surface area contributed by atoms with Crippen LogP contribution in [-0.2, 0) is 7.05 Å². The van der Waals surface area contributed by atoms with Crippen LogP contribution in [0.25, 0.3) is 22.6 Å². The summed E-state index contributed by atoms with van der Waals surface area (Å²) < 4.78 is 15.5. The molecule has 0 radical (unpaired) electrons. The van der Waals surface area contributed by atoms with Crippen molar-refractivity contribution >= 4 is 11.2 Å². The number of benzene rings is 1. The third-order valence-corrected chi connectivity index (χ3v) is 2.82. The Morgan fingerprint density at radius 1 is 1.28 bits per heavy atom. The Bertz CT molecular complexity index is 736. The maximum atomic E-state index is 13.8. The lowest BCUT2D eigenvalue weighted by atomic mass is 10.2. The van der Waals surface area contributed by atoms with Crippen molar-refractivity contribution in [1.82, 2.24) is 14.5 Å². The molecule has 0 atom stereocenters. The van der Waals surface area contributed by atoms with Crippen LogP contribution in [0.15, 0.2) is 36.5 Å². The summed E-state index contributed by atoms with van der Waals surface area (Å²) in [6, 6.07) is 7.62. The van der Waals surface area contributed by atoms with Gasteiger partial charge in [0.25, 0.3) is 0 Å². The summed E-state index contributed by atoms with van der Waals surface area (Å²) in [6.07, 6.45) is 1.67. The van der Waals surface area contributed by atoms with Gasteiger partial charge in [0.2, 0.25) is 0 Å². The van der Waals surface area contributed by atoms with Crippen molar-refractivity contribution in [2.75, 3.05) is 0 Å². The summed E-state index contributed by atoms with van der Waals surface area (Å²) >= 11 is 0. The quantitative estimate of drug-likeness (QED) is 0.714. The minimum Gasteiger partial charge on any atom is -0.508 e. The molecule has 0 aliphatic heterocycles. The molecule has 90 valence electrons. The van der Waals surface area contributed by atoms with E-state index in [9.17, 15) is 9.50 Å². The van der Waals surface area contributed by atoms with E-state index in [1.807, 2.05) is 6.07 Å². The van der Waals surface area contributed by atoms with Gasteiger partial charge in [0.1, 0.15) is 22.9 Å². The van der Waals surface area contributed by atoms with Crippen LogP contribution in [0.3, 0.4) is 0 Å². The van der Waals surface area contributed by atoms with Gasteiger partial charge in [0, 0.05) is 19.3 Å². The smallest absolute Gasteiger partial charge is 0.160 e. The molecule has 3 aromatic rings. The maximum Gasteiger partial charge on any atom is 0.160 e. The van der Waals surface area contributed by atoms with Crippen molar-refractivity contribution in [2.45, 2.75) is 0 Å². The molecular formula is C13H10FN3O. The number of hydrogen-bond donors (Lipinski definition) is 1. The molecule has 2 heterocycles. The molecule has 0 saturated heterocycles. The van der Waals surface area contributed by atoms with Crippen molar-refractivity contribution in [3.63, 3.8) is 0 Å². The van der Waals surface area contributed by atoms with Crippen molar-refractivity contribution < 1.29 is 9.50 Å². The molecule has 0 amide bonds. The van der Waals surface area contributed by atoms with E-state index in [0.717, 1.165) is 6.07 Å². The molecule has 1 aromatic carbocycles. The molecule has 4 nitrogen and oxygen atoms in total. The second-order valence-corrected chi connectivity index (χ2v) is 4.00. The molecule has 0 aliphatic rings. The number of fused-ring (bicyclic) bond motifs is 1. The third-order valence-electron chi connectivity index (χ3n) is 2.82. The molecule has 3 rings (SSSR count). The Morgan fingerprint density at radius 2 is 2.11 bits per heavy atom. The van der Waals surface area contributed by atoms with Crippen molar-refractivity contribution in [2.24, 2.45) is 7.05 Å². The van der Waals surface area contributed by atoms with Gasteiger partial charge in [-0.1, -0.05) is 0 Å². The van der Waals surface area contributed by atoms with Crippen molar-refractivity contribution in [3.8, 4) is 17.1 Å². The van der Waals surface area contributed by atoms with Crippen LogP contribution >= 0.6 is 0 Å². The van der Waals surface area contributed by atoms with E-state index in [0.29, 0.717) is 22.6 Å². The van der Waals surface area contributed by atoms with E-state index < -0.39 is 5.82 Å². The summed E-state index contributed by atoms with van der Waals surface area (Å²) in [5.74, 6) is -0.122. The van der Waals surface area contributed by atoms with E-state index in [1.165, 1.54) is 12.1 Å². The molecule has 1 N–H and O–H groups in total. The highest BCUT2D eigenvalue weighted by Gasteiger charge is 2.14. The topological polar surface area (TPSA) is 50.9 Å². The molecule has 18 heavy (non-hydrogen) atoms. The molecule has 0 bridgehead atoms. The van der Waals surface area contributed by atoms with Crippen molar-refractivity contribution in [1.29, 1.82) is 0 Å². The fourth-order valence-corrected chi connectivity index (χ4v) is 1.95. The molecule has 0 fully saturated rings. The number of aryl methyl sites for hydroxylation is 1. The first-order valence-corrected chi connectivity index (χ1v) is 5.43. The van der Waals surface area contributed by atoms with Gasteiger partial charge in [-0.3, -0.25) is 0 Å². The number of aromatic nitrogens is 3. The van der Waals surface area contributed by atoms with Crippen LogP contribution in [-0.4, -0.2) is 19.6 Å². The molecule has 2 aromatic heterocycles. The van der Waals surface area contributed by atoms with Crippen LogP contribution in [0.5, 0.6) is 5.75 Å².